The molecule has 2 aromatic rings. The lowest BCUT2D eigenvalue weighted by atomic mass is 9.63. The summed E-state index contributed by atoms with van der Waals surface area (Å²) in [5.41, 5.74) is -1.22. The van der Waals surface area contributed by atoms with Crippen LogP contribution in [-0.4, -0.2) is 56.8 Å². The molecule has 1 saturated carbocycles. The Labute approximate surface area is 235 Å². The maximum Gasteiger partial charge on any atom is 0.357 e. The average molecular weight is 547 g/mol. The first-order valence-electron chi connectivity index (χ1n) is 14.1. The van der Waals surface area contributed by atoms with Crippen molar-refractivity contribution < 1.29 is 28.9 Å². The fraction of sp³-hybridized carbons (Fsp3) is 0.531. The van der Waals surface area contributed by atoms with Crippen LogP contribution in [0, 0.1) is 22.7 Å². The molecule has 8 nitrogen and oxygen atoms in total. The Bertz CT molecular complexity index is 1420. The van der Waals surface area contributed by atoms with E-state index in [-0.39, 0.29) is 29.4 Å². The summed E-state index contributed by atoms with van der Waals surface area (Å²) in [6.45, 7) is 12.0. The molecule has 4 aliphatic rings. The number of benzene rings is 1. The smallest absolute Gasteiger partial charge is 0.357 e. The van der Waals surface area contributed by atoms with Gasteiger partial charge in [-0.1, -0.05) is 51.1 Å². The Balaban J connectivity index is 1.47. The summed E-state index contributed by atoms with van der Waals surface area (Å²) >= 11 is 0. The Morgan fingerprint density at radius 1 is 1.15 bits per heavy atom. The Hall–Kier alpha value is -3.07. The Kier molecular flexibility index (Phi) is 6.08. The number of fused-ring (bicyclic) bond motifs is 3. The second-order valence-electron chi connectivity index (χ2n) is 13.0. The number of Topliss-reactive ketones (excluding diaryl/α,β-unsaturated/α-hetero) is 1. The van der Waals surface area contributed by atoms with Crippen molar-refractivity contribution in [1.29, 1.82) is 0 Å². The first-order chi connectivity index (χ1) is 18.8. The molecule has 212 valence electrons. The van der Waals surface area contributed by atoms with Crippen molar-refractivity contribution in [2.24, 2.45) is 22.7 Å². The van der Waals surface area contributed by atoms with Crippen LogP contribution < -0.4 is 0 Å². The Morgan fingerprint density at radius 2 is 1.88 bits per heavy atom. The summed E-state index contributed by atoms with van der Waals surface area (Å²) in [6, 6.07) is 10.9. The molecular formula is C32H38N2O6. The highest BCUT2D eigenvalue weighted by Gasteiger charge is 2.72. The summed E-state index contributed by atoms with van der Waals surface area (Å²) in [7, 11) is 0. The van der Waals surface area contributed by atoms with E-state index in [4.69, 9.17) is 14.2 Å². The number of hydrogen-bond acceptors (Lipinski definition) is 7. The molecule has 1 spiro atoms. The number of aliphatic hydroxyl groups is 1. The second-order valence-corrected chi connectivity index (χ2v) is 13.0. The van der Waals surface area contributed by atoms with E-state index in [1.165, 1.54) is 10.9 Å². The summed E-state index contributed by atoms with van der Waals surface area (Å²) < 4.78 is 20.2. The maximum atomic E-state index is 14.7. The molecule has 6 rings (SSSR count). The third kappa shape index (κ3) is 3.72. The standard InChI is InChI=1S/C32H38N2O6/c1-19-17-31-14-12-20(2)29(3,4)23(25(31)35)16-21-18-38-30(5,6)40-27(21)32(31,37)26(19)39-28(36)24-13-15-33-34(24)22-10-8-7-9-11-22/h7-11,13,15-17,20,23,26-27,37H,12,14,18H2,1-6H3. The lowest BCUT2D eigenvalue weighted by Crippen LogP contribution is -2.66. The van der Waals surface area contributed by atoms with Crippen LogP contribution in [0.15, 0.2) is 65.9 Å². The van der Waals surface area contributed by atoms with Crippen molar-refractivity contribution in [3.8, 4) is 5.69 Å². The van der Waals surface area contributed by atoms with Crippen LogP contribution in [0.2, 0.25) is 0 Å². The number of ether oxygens (including phenoxy) is 3. The molecule has 2 fully saturated rings. The number of rotatable bonds is 3. The molecule has 8 heteroatoms. The Morgan fingerprint density at radius 3 is 2.60 bits per heavy atom. The largest absolute Gasteiger partial charge is 0.450 e. The number of carbonyl (C=O) groups excluding carboxylic acids is 2. The molecule has 1 saturated heterocycles. The summed E-state index contributed by atoms with van der Waals surface area (Å²) in [5.74, 6) is -1.94. The minimum atomic E-state index is -1.86. The number of carbonyl (C=O) groups is 2. The molecule has 1 aliphatic heterocycles. The molecule has 0 amide bonds. The highest BCUT2D eigenvalue weighted by molar-refractivity contribution is 5.95. The molecule has 40 heavy (non-hydrogen) atoms. The van der Waals surface area contributed by atoms with E-state index in [1.54, 1.807) is 19.9 Å². The van der Waals surface area contributed by atoms with Gasteiger partial charge in [0.05, 0.1) is 23.9 Å². The summed E-state index contributed by atoms with van der Waals surface area (Å²) in [5, 5.41) is 17.4. The quantitative estimate of drug-likeness (QED) is 0.436. The van der Waals surface area contributed by atoms with Gasteiger partial charge < -0.3 is 19.3 Å². The van der Waals surface area contributed by atoms with Crippen LogP contribution in [0.1, 0.15) is 64.9 Å². The van der Waals surface area contributed by atoms with Gasteiger partial charge in [-0.25, -0.2) is 9.48 Å². The average Bonchev–Trinajstić information content (AvgIpc) is 3.45. The fourth-order valence-corrected chi connectivity index (χ4v) is 7.26. The van der Waals surface area contributed by atoms with Crippen molar-refractivity contribution in [1.82, 2.24) is 9.78 Å². The number of esters is 1. The third-order valence-corrected chi connectivity index (χ3v) is 9.95. The highest BCUT2D eigenvalue weighted by atomic mass is 16.7. The van der Waals surface area contributed by atoms with E-state index in [9.17, 15) is 14.7 Å². The van der Waals surface area contributed by atoms with Gasteiger partial charge in [-0.3, -0.25) is 4.79 Å². The maximum absolute atomic E-state index is 14.7. The lowest BCUT2D eigenvalue weighted by molar-refractivity contribution is -0.300. The van der Waals surface area contributed by atoms with E-state index in [2.05, 4.69) is 25.9 Å². The normalized spacial score (nSPS) is 35.9. The molecule has 0 radical (unpaired) electrons. The van der Waals surface area contributed by atoms with Gasteiger partial charge >= 0.3 is 5.97 Å². The number of ketones is 1. The van der Waals surface area contributed by atoms with Crippen LogP contribution in [0.4, 0.5) is 0 Å². The van der Waals surface area contributed by atoms with Gasteiger partial charge in [0.25, 0.3) is 0 Å². The van der Waals surface area contributed by atoms with Crippen LogP contribution in [0.25, 0.3) is 5.69 Å². The van der Waals surface area contributed by atoms with Gasteiger partial charge in [0.2, 0.25) is 0 Å². The molecule has 3 aliphatic carbocycles. The van der Waals surface area contributed by atoms with Crippen LogP contribution in [0.5, 0.6) is 0 Å². The second kappa shape index (κ2) is 8.96. The SMILES string of the molecule is CC1=CC23CCC(C)C(C)(C)C(C=C4COC(C)(C)OC4C2(O)C1OC(=O)c1ccnn1-c1ccccc1)C3=O. The van der Waals surface area contributed by atoms with Gasteiger partial charge in [-0.2, -0.15) is 5.10 Å². The summed E-state index contributed by atoms with van der Waals surface area (Å²) in [6.07, 6.45) is 4.52. The first kappa shape index (κ1) is 27.1. The van der Waals surface area contributed by atoms with E-state index >= 15 is 0 Å². The zero-order chi connectivity index (χ0) is 28.7. The highest BCUT2D eigenvalue weighted by Crippen LogP contribution is 2.62. The lowest BCUT2D eigenvalue weighted by Gasteiger charge is -2.51. The molecular weight excluding hydrogens is 508 g/mol. The van der Waals surface area contributed by atoms with Gasteiger partial charge in [0.15, 0.2) is 29.0 Å². The molecule has 1 aromatic carbocycles. The van der Waals surface area contributed by atoms with Crippen molar-refractivity contribution in [3.05, 3.63) is 71.6 Å². The number of allylic oxidation sites excluding steroid dienone is 1. The number of hydrogen-bond donors (Lipinski definition) is 1. The van der Waals surface area contributed by atoms with Crippen LogP contribution in [-0.2, 0) is 19.0 Å². The minimum Gasteiger partial charge on any atom is -0.450 e. The summed E-state index contributed by atoms with van der Waals surface area (Å²) in [4.78, 5) is 28.4. The van der Waals surface area contributed by atoms with Gasteiger partial charge in [0, 0.05) is 5.92 Å². The number of para-hydroxylation sites is 1. The zero-order valence-electron chi connectivity index (χ0n) is 24.0. The van der Waals surface area contributed by atoms with Gasteiger partial charge in [-0.05, 0) is 74.3 Å². The van der Waals surface area contributed by atoms with Crippen molar-refractivity contribution in [2.45, 2.75) is 78.0 Å². The number of nitrogens with zero attached hydrogens (tertiary/aromatic N) is 2. The van der Waals surface area contributed by atoms with Crippen LogP contribution >= 0.6 is 0 Å². The molecule has 2 bridgehead atoms. The zero-order valence-corrected chi connectivity index (χ0v) is 24.0. The van der Waals surface area contributed by atoms with E-state index in [0.717, 1.165) is 6.42 Å². The first-order valence-corrected chi connectivity index (χ1v) is 14.1. The minimum absolute atomic E-state index is 0.0557. The number of aromatic nitrogens is 2. The monoisotopic (exact) mass is 546 g/mol. The predicted octanol–water partition coefficient (Wildman–Crippen LogP) is 4.81. The predicted molar refractivity (Wildman–Crippen MR) is 148 cm³/mol. The topological polar surface area (TPSA) is 99.9 Å². The van der Waals surface area contributed by atoms with Crippen molar-refractivity contribution in [3.63, 3.8) is 0 Å². The van der Waals surface area contributed by atoms with Crippen molar-refractivity contribution in [2.75, 3.05) is 6.61 Å². The molecule has 1 N–H and O–H groups in total. The van der Waals surface area contributed by atoms with Gasteiger partial charge in [0.1, 0.15) is 6.10 Å². The fourth-order valence-electron chi connectivity index (χ4n) is 7.26. The molecule has 2 heterocycles. The van der Waals surface area contributed by atoms with E-state index < -0.39 is 40.9 Å². The molecule has 6 unspecified atom stereocenters. The van der Waals surface area contributed by atoms with Crippen LogP contribution in [0.3, 0.4) is 0 Å². The third-order valence-electron chi connectivity index (χ3n) is 9.95. The van der Waals surface area contributed by atoms with Crippen molar-refractivity contribution >= 4 is 11.8 Å². The van der Waals surface area contributed by atoms with Gasteiger partial charge in [-0.15, -0.1) is 0 Å². The molecule has 1 aromatic heterocycles. The van der Waals surface area contributed by atoms with E-state index in [0.29, 0.717) is 23.3 Å². The molecule has 6 atom stereocenters. The van der Waals surface area contributed by atoms with E-state index in [1.807, 2.05) is 49.4 Å².